The Labute approximate surface area is 73.6 Å². The van der Waals surface area contributed by atoms with E-state index >= 15 is 0 Å². The van der Waals surface area contributed by atoms with Gasteiger partial charge in [0.25, 0.3) is 0 Å². The average Bonchev–Trinajstić information content (AvgIpc) is 2.05. The van der Waals surface area contributed by atoms with Crippen molar-refractivity contribution in [3.63, 3.8) is 0 Å². The highest BCUT2D eigenvalue weighted by molar-refractivity contribution is 5.28. The van der Waals surface area contributed by atoms with Crippen molar-refractivity contribution in [2.45, 2.75) is 26.9 Å². The lowest BCUT2D eigenvalue weighted by Crippen LogP contribution is -1.99. The number of aromatic nitrogens is 1. The van der Waals surface area contributed by atoms with Crippen LogP contribution in [0.25, 0.3) is 0 Å². The van der Waals surface area contributed by atoms with Crippen molar-refractivity contribution < 1.29 is 4.74 Å². The Kier molecular flexibility index (Phi) is 3.23. The molecule has 0 aliphatic heterocycles. The molecule has 0 N–H and O–H groups in total. The van der Waals surface area contributed by atoms with Gasteiger partial charge in [0.2, 0.25) is 0 Å². The van der Waals surface area contributed by atoms with Crippen molar-refractivity contribution in [1.82, 2.24) is 4.98 Å². The van der Waals surface area contributed by atoms with Crippen LogP contribution < -0.4 is 0 Å². The summed E-state index contributed by atoms with van der Waals surface area (Å²) in [6, 6.07) is 2.02. The normalized spacial score (nSPS) is 10.2. The molecule has 0 spiro atoms. The first-order valence-corrected chi connectivity index (χ1v) is 4.21. The zero-order valence-electron chi connectivity index (χ0n) is 7.92. The highest BCUT2D eigenvalue weighted by Crippen LogP contribution is 2.12. The van der Waals surface area contributed by atoms with Gasteiger partial charge in [0.05, 0.1) is 6.61 Å². The van der Waals surface area contributed by atoms with E-state index in [0.29, 0.717) is 6.61 Å². The summed E-state index contributed by atoms with van der Waals surface area (Å²) in [5.74, 6) is 0. The Morgan fingerprint density at radius 1 is 1.50 bits per heavy atom. The van der Waals surface area contributed by atoms with Gasteiger partial charge >= 0.3 is 0 Å². The fourth-order valence-electron chi connectivity index (χ4n) is 1.42. The van der Waals surface area contributed by atoms with Gasteiger partial charge in [-0.3, -0.25) is 4.98 Å². The molecule has 2 nitrogen and oxygen atoms in total. The SMILES string of the molecule is CCc1c(COC)ccnc1C. The number of pyridine rings is 1. The molecule has 0 fully saturated rings. The topological polar surface area (TPSA) is 22.1 Å². The second-order valence-electron chi connectivity index (χ2n) is 2.82. The zero-order valence-corrected chi connectivity index (χ0v) is 7.92. The molecule has 1 aromatic rings. The van der Waals surface area contributed by atoms with E-state index in [9.17, 15) is 0 Å². The molecule has 0 saturated carbocycles. The molecule has 0 unspecified atom stereocenters. The summed E-state index contributed by atoms with van der Waals surface area (Å²) in [7, 11) is 1.72. The highest BCUT2D eigenvalue weighted by atomic mass is 16.5. The minimum Gasteiger partial charge on any atom is -0.380 e. The van der Waals surface area contributed by atoms with Crippen LogP contribution in [0.1, 0.15) is 23.7 Å². The van der Waals surface area contributed by atoms with Gasteiger partial charge in [0.15, 0.2) is 0 Å². The number of aryl methyl sites for hydroxylation is 1. The summed E-state index contributed by atoms with van der Waals surface area (Å²) < 4.78 is 5.10. The predicted octanol–water partition coefficient (Wildman–Crippen LogP) is 2.10. The Morgan fingerprint density at radius 3 is 2.83 bits per heavy atom. The van der Waals surface area contributed by atoms with E-state index in [0.717, 1.165) is 12.1 Å². The van der Waals surface area contributed by atoms with Crippen molar-refractivity contribution in [2.24, 2.45) is 0 Å². The fraction of sp³-hybridized carbons (Fsp3) is 0.500. The van der Waals surface area contributed by atoms with Crippen LogP contribution >= 0.6 is 0 Å². The minimum atomic E-state index is 0.687. The van der Waals surface area contributed by atoms with Gasteiger partial charge < -0.3 is 4.74 Å². The lowest BCUT2D eigenvalue weighted by atomic mass is 10.1. The van der Waals surface area contributed by atoms with Crippen LogP contribution in [-0.4, -0.2) is 12.1 Å². The molecule has 0 atom stereocenters. The minimum absolute atomic E-state index is 0.687. The lowest BCUT2D eigenvalue weighted by Gasteiger charge is -2.08. The molecule has 1 aromatic heterocycles. The molecule has 1 heterocycles. The summed E-state index contributed by atoms with van der Waals surface area (Å²) in [4.78, 5) is 4.24. The molecule has 0 saturated heterocycles. The molecule has 0 aromatic carbocycles. The first-order chi connectivity index (χ1) is 5.79. The van der Waals surface area contributed by atoms with Crippen molar-refractivity contribution in [2.75, 3.05) is 7.11 Å². The second-order valence-corrected chi connectivity index (χ2v) is 2.82. The van der Waals surface area contributed by atoms with Gasteiger partial charge in [0, 0.05) is 19.0 Å². The average molecular weight is 165 g/mol. The summed E-state index contributed by atoms with van der Waals surface area (Å²) in [5.41, 5.74) is 3.69. The molecule has 2 heteroatoms. The summed E-state index contributed by atoms with van der Waals surface area (Å²) in [6.07, 6.45) is 2.86. The Bertz CT molecular complexity index is 258. The predicted molar refractivity (Wildman–Crippen MR) is 49.1 cm³/mol. The molecule has 12 heavy (non-hydrogen) atoms. The molecule has 0 aliphatic carbocycles. The van der Waals surface area contributed by atoms with E-state index in [2.05, 4.69) is 11.9 Å². The van der Waals surface area contributed by atoms with Crippen LogP contribution in [0.15, 0.2) is 12.3 Å². The van der Waals surface area contributed by atoms with Crippen molar-refractivity contribution in [3.05, 3.63) is 29.1 Å². The van der Waals surface area contributed by atoms with Crippen LogP contribution in [0.5, 0.6) is 0 Å². The molecule has 0 aliphatic rings. The maximum absolute atomic E-state index is 5.10. The third-order valence-corrected chi connectivity index (χ3v) is 2.02. The smallest absolute Gasteiger partial charge is 0.0716 e. The molecular formula is C10H15NO. The molecule has 0 radical (unpaired) electrons. The standard InChI is InChI=1S/C10H15NO/c1-4-10-8(2)11-6-5-9(10)7-12-3/h5-6H,4,7H2,1-3H3. The van der Waals surface area contributed by atoms with E-state index in [1.165, 1.54) is 11.1 Å². The number of hydrogen-bond acceptors (Lipinski definition) is 2. The van der Waals surface area contributed by atoms with Crippen molar-refractivity contribution >= 4 is 0 Å². The van der Waals surface area contributed by atoms with Crippen LogP contribution in [0.3, 0.4) is 0 Å². The summed E-state index contributed by atoms with van der Waals surface area (Å²) in [5, 5.41) is 0. The number of rotatable bonds is 3. The largest absolute Gasteiger partial charge is 0.380 e. The van der Waals surface area contributed by atoms with E-state index in [1.807, 2.05) is 19.2 Å². The van der Waals surface area contributed by atoms with Gasteiger partial charge in [0.1, 0.15) is 0 Å². The second kappa shape index (κ2) is 4.21. The third-order valence-electron chi connectivity index (χ3n) is 2.02. The summed E-state index contributed by atoms with van der Waals surface area (Å²) >= 11 is 0. The van der Waals surface area contributed by atoms with Crippen LogP contribution in [-0.2, 0) is 17.8 Å². The van der Waals surface area contributed by atoms with Gasteiger partial charge in [-0.2, -0.15) is 0 Å². The summed E-state index contributed by atoms with van der Waals surface area (Å²) in [6.45, 7) is 4.87. The van der Waals surface area contributed by atoms with Crippen LogP contribution in [0.2, 0.25) is 0 Å². The van der Waals surface area contributed by atoms with E-state index < -0.39 is 0 Å². The zero-order chi connectivity index (χ0) is 8.97. The first kappa shape index (κ1) is 9.20. The molecular weight excluding hydrogens is 150 g/mol. The molecule has 0 amide bonds. The van der Waals surface area contributed by atoms with E-state index in [4.69, 9.17) is 4.74 Å². The molecule has 66 valence electrons. The van der Waals surface area contributed by atoms with Crippen molar-refractivity contribution in [1.29, 1.82) is 0 Å². The van der Waals surface area contributed by atoms with E-state index in [-0.39, 0.29) is 0 Å². The van der Waals surface area contributed by atoms with Crippen LogP contribution in [0.4, 0.5) is 0 Å². The van der Waals surface area contributed by atoms with E-state index in [1.54, 1.807) is 7.11 Å². The number of nitrogens with zero attached hydrogens (tertiary/aromatic N) is 1. The van der Waals surface area contributed by atoms with Crippen molar-refractivity contribution in [3.8, 4) is 0 Å². The van der Waals surface area contributed by atoms with Crippen LogP contribution in [0, 0.1) is 6.92 Å². The monoisotopic (exact) mass is 165 g/mol. The van der Waals surface area contributed by atoms with Gasteiger partial charge in [-0.25, -0.2) is 0 Å². The molecule has 0 bridgehead atoms. The third kappa shape index (κ3) is 1.83. The van der Waals surface area contributed by atoms with Gasteiger partial charge in [-0.1, -0.05) is 6.92 Å². The number of methoxy groups -OCH3 is 1. The lowest BCUT2D eigenvalue weighted by molar-refractivity contribution is 0.184. The maximum atomic E-state index is 5.10. The molecule has 1 rings (SSSR count). The van der Waals surface area contributed by atoms with Gasteiger partial charge in [-0.05, 0) is 30.5 Å². The Hall–Kier alpha value is -0.890. The highest BCUT2D eigenvalue weighted by Gasteiger charge is 2.02. The first-order valence-electron chi connectivity index (χ1n) is 4.21. The Balaban J connectivity index is 3.00. The number of hydrogen-bond donors (Lipinski definition) is 0. The number of ether oxygens (including phenoxy) is 1. The quantitative estimate of drug-likeness (QED) is 0.684. The fourth-order valence-corrected chi connectivity index (χ4v) is 1.42. The maximum Gasteiger partial charge on any atom is 0.0716 e. The van der Waals surface area contributed by atoms with Gasteiger partial charge in [-0.15, -0.1) is 0 Å². The Morgan fingerprint density at radius 2 is 2.25 bits per heavy atom.